The number of hydrogen-bond donors (Lipinski definition) is 1. The summed E-state index contributed by atoms with van der Waals surface area (Å²) in [6.45, 7) is 11.7. The minimum atomic E-state index is 0.0171. The second kappa shape index (κ2) is 10.6. The van der Waals surface area contributed by atoms with Crippen LogP contribution in [0.3, 0.4) is 0 Å². The quantitative estimate of drug-likeness (QED) is 0.717. The molecule has 1 unspecified atom stereocenters. The zero-order chi connectivity index (χ0) is 22.5. The molecule has 172 valence electrons. The number of rotatable bonds is 6. The molecular formula is C25H34ClN5O. The minimum absolute atomic E-state index is 0.0171. The van der Waals surface area contributed by atoms with Crippen molar-refractivity contribution in [1.29, 1.82) is 0 Å². The van der Waals surface area contributed by atoms with Crippen molar-refractivity contribution in [2.45, 2.75) is 26.7 Å². The molecule has 6 nitrogen and oxygen atoms in total. The van der Waals surface area contributed by atoms with Crippen molar-refractivity contribution in [2.75, 3.05) is 62.6 Å². The standard InChI is InChI=1S/C25H34ClN5O/c1-19-14-20(2)25(22(26)15-19)28-24(32)18-30-9-5-6-21(17-30)16-29-10-12-31(13-11-29)23-7-3-4-8-27-23/h3-4,7-8,14-15,21H,5-6,9-13,16-18H2,1-2H3,(H,28,32). The molecule has 2 saturated heterocycles. The highest BCUT2D eigenvalue weighted by molar-refractivity contribution is 6.34. The van der Waals surface area contributed by atoms with Gasteiger partial charge in [-0.15, -0.1) is 0 Å². The molecule has 2 aliphatic rings. The second-order valence-corrected chi connectivity index (χ2v) is 9.61. The Morgan fingerprint density at radius 3 is 2.66 bits per heavy atom. The van der Waals surface area contributed by atoms with Crippen LogP contribution in [0.25, 0.3) is 0 Å². The summed E-state index contributed by atoms with van der Waals surface area (Å²) >= 11 is 6.36. The number of amides is 1. The van der Waals surface area contributed by atoms with E-state index in [4.69, 9.17) is 11.6 Å². The Bertz CT molecular complexity index is 891. The second-order valence-electron chi connectivity index (χ2n) is 9.21. The number of nitrogens with zero attached hydrogens (tertiary/aromatic N) is 4. The molecule has 2 fully saturated rings. The lowest BCUT2D eigenvalue weighted by Gasteiger charge is -2.39. The highest BCUT2D eigenvalue weighted by Gasteiger charge is 2.26. The van der Waals surface area contributed by atoms with E-state index in [1.165, 1.54) is 6.42 Å². The summed E-state index contributed by atoms with van der Waals surface area (Å²) in [5.41, 5.74) is 2.84. The fourth-order valence-corrected chi connectivity index (χ4v) is 5.33. The van der Waals surface area contributed by atoms with E-state index in [-0.39, 0.29) is 5.91 Å². The molecule has 0 radical (unpaired) electrons. The van der Waals surface area contributed by atoms with Gasteiger partial charge in [0, 0.05) is 45.5 Å². The van der Waals surface area contributed by atoms with E-state index in [0.29, 0.717) is 17.5 Å². The highest BCUT2D eigenvalue weighted by atomic mass is 35.5. The first kappa shape index (κ1) is 23.0. The Kier molecular flexibility index (Phi) is 7.66. The zero-order valence-corrected chi connectivity index (χ0v) is 19.9. The van der Waals surface area contributed by atoms with Gasteiger partial charge in [-0.1, -0.05) is 23.7 Å². The van der Waals surface area contributed by atoms with Gasteiger partial charge in [0.25, 0.3) is 0 Å². The fourth-order valence-electron chi connectivity index (χ4n) is 4.97. The number of hydrogen-bond acceptors (Lipinski definition) is 5. The summed E-state index contributed by atoms with van der Waals surface area (Å²) in [5, 5.41) is 3.64. The Labute approximate surface area is 196 Å². The molecular weight excluding hydrogens is 422 g/mol. The van der Waals surface area contributed by atoms with Gasteiger partial charge in [-0.3, -0.25) is 14.6 Å². The average Bonchev–Trinajstić information content (AvgIpc) is 2.78. The Balaban J connectivity index is 1.24. The van der Waals surface area contributed by atoms with Crippen molar-refractivity contribution in [2.24, 2.45) is 5.92 Å². The van der Waals surface area contributed by atoms with Gasteiger partial charge in [0.05, 0.1) is 17.3 Å². The van der Waals surface area contributed by atoms with Crippen LogP contribution >= 0.6 is 11.6 Å². The van der Waals surface area contributed by atoms with Crippen molar-refractivity contribution < 1.29 is 4.79 Å². The third kappa shape index (κ3) is 6.00. The number of likely N-dealkylation sites (tertiary alicyclic amines) is 1. The number of piperidine rings is 1. The lowest BCUT2D eigenvalue weighted by Crippen LogP contribution is -2.50. The van der Waals surface area contributed by atoms with Gasteiger partial charge >= 0.3 is 0 Å². The third-order valence-electron chi connectivity index (χ3n) is 6.53. The minimum Gasteiger partial charge on any atom is -0.354 e. The number of anilines is 2. The van der Waals surface area contributed by atoms with Crippen molar-refractivity contribution in [3.05, 3.63) is 52.7 Å². The molecule has 0 saturated carbocycles. The van der Waals surface area contributed by atoms with E-state index in [9.17, 15) is 4.79 Å². The zero-order valence-electron chi connectivity index (χ0n) is 19.2. The normalized spacial score (nSPS) is 20.3. The van der Waals surface area contributed by atoms with Crippen molar-refractivity contribution in [1.82, 2.24) is 14.8 Å². The van der Waals surface area contributed by atoms with Crippen LogP contribution in [-0.4, -0.2) is 73.0 Å². The number of carbonyl (C=O) groups is 1. The summed E-state index contributed by atoms with van der Waals surface area (Å²) in [6.07, 6.45) is 4.25. The molecule has 7 heteroatoms. The summed E-state index contributed by atoms with van der Waals surface area (Å²) in [4.78, 5) is 24.4. The van der Waals surface area contributed by atoms with Crippen LogP contribution in [0.5, 0.6) is 0 Å². The molecule has 1 aromatic heterocycles. The van der Waals surface area contributed by atoms with E-state index in [1.807, 2.05) is 38.2 Å². The predicted molar refractivity (Wildman–Crippen MR) is 132 cm³/mol. The van der Waals surface area contributed by atoms with E-state index in [0.717, 1.165) is 74.9 Å². The Morgan fingerprint density at radius 1 is 1.12 bits per heavy atom. The van der Waals surface area contributed by atoms with Crippen molar-refractivity contribution in [3.63, 3.8) is 0 Å². The van der Waals surface area contributed by atoms with E-state index in [1.54, 1.807) is 0 Å². The van der Waals surface area contributed by atoms with Gasteiger partial charge in [-0.2, -0.15) is 0 Å². The molecule has 1 atom stereocenters. The molecule has 0 spiro atoms. The molecule has 2 aromatic rings. The van der Waals surface area contributed by atoms with E-state index < -0.39 is 0 Å². The summed E-state index contributed by atoms with van der Waals surface area (Å²) in [6, 6.07) is 10.0. The lowest BCUT2D eigenvalue weighted by molar-refractivity contribution is -0.117. The molecule has 4 rings (SSSR count). The van der Waals surface area contributed by atoms with Gasteiger partial charge in [-0.05, 0) is 68.5 Å². The Hall–Kier alpha value is -2.15. The largest absolute Gasteiger partial charge is 0.354 e. The topological polar surface area (TPSA) is 51.7 Å². The number of piperazine rings is 1. The van der Waals surface area contributed by atoms with Crippen LogP contribution in [0, 0.1) is 19.8 Å². The molecule has 1 aromatic carbocycles. The monoisotopic (exact) mass is 455 g/mol. The molecule has 3 heterocycles. The number of halogens is 1. The number of aromatic nitrogens is 1. The maximum atomic E-state index is 12.7. The number of nitrogens with one attached hydrogen (secondary N) is 1. The number of pyridine rings is 1. The van der Waals surface area contributed by atoms with Gasteiger partial charge in [0.15, 0.2) is 0 Å². The first-order valence-electron chi connectivity index (χ1n) is 11.7. The van der Waals surface area contributed by atoms with Gasteiger partial charge in [0.2, 0.25) is 5.91 Å². The molecule has 1 amide bonds. The molecule has 32 heavy (non-hydrogen) atoms. The maximum Gasteiger partial charge on any atom is 0.238 e. The smallest absolute Gasteiger partial charge is 0.238 e. The number of benzene rings is 1. The van der Waals surface area contributed by atoms with Crippen LogP contribution in [0.4, 0.5) is 11.5 Å². The van der Waals surface area contributed by atoms with Crippen LogP contribution in [0.15, 0.2) is 36.5 Å². The summed E-state index contributed by atoms with van der Waals surface area (Å²) in [5.74, 6) is 1.71. The van der Waals surface area contributed by atoms with Crippen LogP contribution in [-0.2, 0) is 4.79 Å². The fraction of sp³-hybridized carbons (Fsp3) is 0.520. The average molecular weight is 456 g/mol. The summed E-state index contributed by atoms with van der Waals surface area (Å²) < 4.78 is 0. The third-order valence-corrected chi connectivity index (χ3v) is 6.83. The first-order chi connectivity index (χ1) is 15.5. The van der Waals surface area contributed by atoms with Gasteiger partial charge < -0.3 is 10.2 Å². The molecule has 2 aliphatic heterocycles. The van der Waals surface area contributed by atoms with Crippen molar-refractivity contribution >= 4 is 29.0 Å². The lowest BCUT2D eigenvalue weighted by atomic mass is 9.97. The molecule has 1 N–H and O–H groups in total. The predicted octanol–water partition coefficient (Wildman–Crippen LogP) is 3.82. The van der Waals surface area contributed by atoms with E-state index in [2.05, 4.69) is 37.1 Å². The van der Waals surface area contributed by atoms with Crippen LogP contribution in [0.2, 0.25) is 5.02 Å². The van der Waals surface area contributed by atoms with Crippen LogP contribution < -0.4 is 10.2 Å². The molecule has 0 bridgehead atoms. The van der Waals surface area contributed by atoms with E-state index >= 15 is 0 Å². The molecule has 0 aliphatic carbocycles. The Morgan fingerprint density at radius 2 is 1.94 bits per heavy atom. The summed E-state index contributed by atoms with van der Waals surface area (Å²) in [7, 11) is 0. The van der Waals surface area contributed by atoms with Gasteiger partial charge in [0.1, 0.15) is 5.82 Å². The van der Waals surface area contributed by atoms with Crippen LogP contribution in [0.1, 0.15) is 24.0 Å². The van der Waals surface area contributed by atoms with Gasteiger partial charge in [-0.25, -0.2) is 4.98 Å². The first-order valence-corrected chi connectivity index (χ1v) is 12.0. The number of aryl methyl sites for hydroxylation is 2. The number of carbonyl (C=O) groups excluding carboxylic acids is 1. The SMILES string of the molecule is Cc1cc(C)c(NC(=O)CN2CCCC(CN3CCN(c4ccccn4)CC3)C2)c(Cl)c1. The maximum absolute atomic E-state index is 12.7. The van der Waals surface area contributed by atoms with Crippen molar-refractivity contribution in [3.8, 4) is 0 Å². The highest BCUT2D eigenvalue weighted by Crippen LogP contribution is 2.27.